The molecule has 0 amide bonds. The molecular formula is C12H15FN2OS. The summed E-state index contributed by atoms with van der Waals surface area (Å²) in [6.07, 6.45) is 2.97. The van der Waals surface area contributed by atoms with Gasteiger partial charge in [-0.05, 0) is 24.3 Å². The van der Waals surface area contributed by atoms with Crippen LogP contribution in [-0.4, -0.2) is 18.4 Å². The Morgan fingerprint density at radius 3 is 3.06 bits per heavy atom. The first kappa shape index (κ1) is 12.4. The molecule has 3 N–H and O–H groups in total. The van der Waals surface area contributed by atoms with E-state index < -0.39 is 0 Å². The van der Waals surface area contributed by atoms with Gasteiger partial charge >= 0.3 is 0 Å². The highest BCUT2D eigenvalue weighted by Gasteiger charge is 2.17. The monoisotopic (exact) mass is 254 g/mol. The predicted molar refractivity (Wildman–Crippen MR) is 66.9 cm³/mol. The van der Waals surface area contributed by atoms with Gasteiger partial charge in [0, 0.05) is 17.1 Å². The zero-order valence-corrected chi connectivity index (χ0v) is 10.2. The summed E-state index contributed by atoms with van der Waals surface area (Å²) in [5.41, 5.74) is 2.72. The summed E-state index contributed by atoms with van der Waals surface area (Å²) in [6.45, 7) is 0.720. The molecule has 0 spiro atoms. The van der Waals surface area contributed by atoms with Crippen LogP contribution in [0.15, 0.2) is 41.0 Å². The molecule has 2 rings (SSSR count). The maximum Gasteiger partial charge on any atom is 0.124 e. The maximum absolute atomic E-state index is 13.0. The van der Waals surface area contributed by atoms with Gasteiger partial charge in [0.15, 0.2) is 0 Å². The topological polar surface area (TPSA) is 47.3 Å². The van der Waals surface area contributed by atoms with Crippen molar-refractivity contribution in [2.45, 2.75) is 17.4 Å². The Labute approximate surface area is 104 Å². The summed E-state index contributed by atoms with van der Waals surface area (Å²) < 4.78 is 18.4. The number of rotatable bonds is 5. The van der Waals surface area contributed by atoms with E-state index in [0.29, 0.717) is 5.75 Å². The second-order valence-corrected chi connectivity index (χ2v) is 4.82. The molecule has 0 radical (unpaired) electrons. The van der Waals surface area contributed by atoms with Crippen LogP contribution < -0.4 is 11.3 Å². The normalized spacial score (nSPS) is 16.5. The average molecular weight is 254 g/mol. The molecule has 92 valence electrons. The largest absolute Gasteiger partial charge is 0.496 e. The number of hydrogen-bond acceptors (Lipinski definition) is 4. The third-order valence-corrected chi connectivity index (χ3v) is 3.58. The molecule has 1 unspecified atom stereocenters. The molecule has 1 heterocycles. The van der Waals surface area contributed by atoms with Gasteiger partial charge in [-0.3, -0.25) is 5.84 Å². The van der Waals surface area contributed by atoms with Crippen molar-refractivity contribution >= 4 is 11.8 Å². The number of ether oxygens (including phenoxy) is 1. The van der Waals surface area contributed by atoms with Crippen molar-refractivity contribution in [2.75, 3.05) is 12.4 Å². The number of hydrogen-bond donors (Lipinski definition) is 2. The Morgan fingerprint density at radius 2 is 2.41 bits per heavy atom. The van der Waals surface area contributed by atoms with Crippen LogP contribution in [0, 0.1) is 5.82 Å². The standard InChI is InChI=1S/C12H15FN2OS/c13-9-3-1-4-10(7-9)17-8-11(15-14)12-5-2-6-16-12/h1,3-5,7,11,15H,2,6,8,14H2. The van der Waals surface area contributed by atoms with E-state index in [0.717, 1.165) is 23.7 Å². The Kier molecular flexibility index (Phi) is 4.42. The van der Waals surface area contributed by atoms with Crippen molar-refractivity contribution in [3.63, 3.8) is 0 Å². The Hall–Kier alpha value is -1.04. The van der Waals surface area contributed by atoms with Crippen LogP contribution in [0.1, 0.15) is 6.42 Å². The summed E-state index contributed by atoms with van der Waals surface area (Å²) in [5.74, 6) is 6.87. The molecule has 1 aromatic rings. The van der Waals surface area contributed by atoms with Crippen LogP contribution in [0.5, 0.6) is 0 Å². The third-order valence-electron chi connectivity index (χ3n) is 2.49. The number of nitrogens with one attached hydrogen (secondary N) is 1. The molecular weight excluding hydrogens is 239 g/mol. The van der Waals surface area contributed by atoms with Gasteiger partial charge in [-0.25, -0.2) is 9.82 Å². The van der Waals surface area contributed by atoms with Gasteiger partial charge in [0.2, 0.25) is 0 Å². The van der Waals surface area contributed by atoms with Gasteiger partial charge in [0.1, 0.15) is 11.6 Å². The Balaban J connectivity index is 1.91. The molecule has 1 aliphatic heterocycles. The van der Waals surface area contributed by atoms with Gasteiger partial charge in [-0.1, -0.05) is 6.07 Å². The molecule has 0 aliphatic carbocycles. The molecule has 0 saturated carbocycles. The van der Waals surface area contributed by atoms with Gasteiger partial charge in [-0.2, -0.15) is 0 Å². The molecule has 1 atom stereocenters. The van der Waals surface area contributed by atoms with E-state index in [4.69, 9.17) is 10.6 Å². The lowest BCUT2D eigenvalue weighted by Gasteiger charge is -2.16. The van der Waals surface area contributed by atoms with Crippen LogP contribution in [0.3, 0.4) is 0 Å². The van der Waals surface area contributed by atoms with E-state index in [9.17, 15) is 4.39 Å². The summed E-state index contributed by atoms with van der Waals surface area (Å²) in [7, 11) is 0. The van der Waals surface area contributed by atoms with Crippen LogP contribution >= 0.6 is 11.8 Å². The molecule has 0 bridgehead atoms. The van der Waals surface area contributed by atoms with E-state index >= 15 is 0 Å². The van der Waals surface area contributed by atoms with E-state index in [1.807, 2.05) is 12.1 Å². The lowest BCUT2D eigenvalue weighted by molar-refractivity contribution is 0.220. The molecule has 0 saturated heterocycles. The number of benzene rings is 1. The molecule has 0 fully saturated rings. The lowest BCUT2D eigenvalue weighted by atomic mass is 10.3. The zero-order valence-electron chi connectivity index (χ0n) is 9.36. The summed E-state index contributed by atoms with van der Waals surface area (Å²) >= 11 is 1.55. The molecule has 5 heteroatoms. The van der Waals surface area contributed by atoms with Gasteiger partial charge < -0.3 is 4.74 Å². The number of hydrazine groups is 1. The van der Waals surface area contributed by atoms with Crippen LogP contribution in [0.2, 0.25) is 0 Å². The van der Waals surface area contributed by atoms with E-state index in [1.54, 1.807) is 17.8 Å². The van der Waals surface area contributed by atoms with E-state index in [-0.39, 0.29) is 11.9 Å². The fourth-order valence-corrected chi connectivity index (χ4v) is 2.62. The van der Waals surface area contributed by atoms with Gasteiger partial charge in [0.25, 0.3) is 0 Å². The zero-order chi connectivity index (χ0) is 12.1. The number of thioether (sulfide) groups is 1. The fraction of sp³-hybridized carbons (Fsp3) is 0.333. The maximum atomic E-state index is 13.0. The van der Waals surface area contributed by atoms with Crippen LogP contribution in [0.4, 0.5) is 4.39 Å². The first-order chi connectivity index (χ1) is 8.29. The van der Waals surface area contributed by atoms with Crippen molar-refractivity contribution in [3.05, 3.63) is 41.9 Å². The SMILES string of the molecule is NNC(CSc1cccc(F)c1)C1=CCCO1. The second-order valence-electron chi connectivity index (χ2n) is 3.73. The smallest absolute Gasteiger partial charge is 0.124 e. The minimum absolute atomic E-state index is 0.0224. The van der Waals surface area contributed by atoms with Crippen molar-refractivity contribution in [2.24, 2.45) is 5.84 Å². The average Bonchev–Trinajstić information content (AvgIpc) is 2.84. The van der Waals surface area contributed by atoms with Gasteiger partial charge in [-0.15, -0.1) is 11.8 Å². The number of halogens is 1. The minimum Gasteiger partial charge on any atom is -0.496 e. The van der Waals surface area contributed by atoms with Crippen molar-refractivity contribution in [3.8, 4) is 0 Å². The highest BCUT2D eigenvalue weighted by molar-refractivity contribution is 7.99. The lowest BCUT2D eigenvalue weighted by Crippen LogP contribution is -2.38. The fourth-order valence-electron chi connectivity index (χ4n) is 1.63. The predicted octanol–water partition coefficient (Wildman–Crippen LogP) is 2.05. The summed E-state index contributed by atoms with van der Waals surface area (Å²) in [6, 6.07) is 6.51. The van der Waals surface area contributed by atoms with E-state index in [2.05, 4.69) is 5.43 Å². The quantitative estimate of drug-likeness (QED) is 0.479. The van der Waals surface area contributed by atoms with Crippen molar-refractivity contribution in [1.29, 1.82) is 0 Å². The van der Waals surface area contributed by atoms with Crippen LogP contribution in [0.25, 0.3) is 0 Å². The van der Waals surface area contributed by atoms with Crippen molar-refractivity contribution in [1.82, 2.24) is 5.43 Å². The summed E-state index contributed by atoms with van der Waals surface area (Å²) in [5, 5.41) is 0. The molecule has 3 nitrogen and oxygen atoms in total. The third kappa shape index (κ3) is 3.46. The first-order valence-electron chi connectivity index (χ1n) is 5.47. The van der Waals surface area contributed by atoms with Crippen molar-refractivity contribution < 1.29 is 9.13 Å². The Bertz CT molecular complexity index is 411. The van der Waals surface area contributed by atoms with Gasteiger partial charge in [0.05, 0.1) is 12.6 Å². The highest BCUT2D eigenvalue weighted by atomic mass is 32.2. The molecule has 0 aromatic heterocycles. The Morgan fingerprint density at radius 1 is 1.53 bits per heavy atom. The van der Waals surface area contributed by atoms with E-state index in [1.165, 1.54) is 12.1 Å². The molecule has 17 heavy (non-hydrogen) atoms. The second kappa shape index (κ2) is 6.05. The number of nitrogens with two attached hydrogens (primary N) is 1. The molecule has 1 aliphatic rings. The van der Waals surface area contributed by atoms with Crippen LogP contribution in [-0.2, 0) is 4.74 Å². The summed E-state index contributed by atoms with van der Waals surface area (Å²) in [4.78, 5) is 0.892. The minimum atomic E-state index is -0.219. The first-order valence-corrected chi connectivity index (χ1v) is 6.45. The highest BCUT2D eigenvalue weighted by Crippen LogP contribution is 2.23. The molecule has 1 aromatic carbocycles.